The number of hydrogen-bond acceptors (Lipinski definition) is 5. The van der Waals surface area contributed by atoms with Crippen LogP contribution in [0.2, 0.25) is 0 Å². The maximum Gasteiger partial charge on any atom is 0.370 e. The molecular weight excluding hydrogens is 292 g/mol. The summed E-state index contributed by atoms with van der Waals surface area (Å²) in [6, 6.07) is 10.1. The molecule has 23 heavy (non-hydrogen) atoms. The van der Waals surface area contributed by atoms with Crippen molar-refractivity contribution >= 4 is 0 Å². The Labute approximate surface area is 135 Å². The lowest BCUT2D eigenvalue weighted by Crippen LogP contribution is -2.39. The average Bonchev–Trinajstić information content (AvgIpc) is 3.13. The van der Waals surface area contributed by atoms with Gasteiger partial charge in [0.2, 0.25) is 11.8 Å². The molecule has 2 heterocycles. The minimum Gasteiger partial charge on any atom is -0.425 e. The van der Waals surface area contributed by atoms with Crippen LogP contribution in [0.5, 0.6) is 0 Å². The molecule has 0 amide bonds. The molecule has 120 valence electrons. The Morgan fingerprint density at radius 3 is 2.48 bits per heavy atom. The van der Waals surface area contributed by atoms with E-state index in [1.807, 2.05) is 41.9 Å². The van der Waals surface area contributed by atoms with Crippen molar-refractivity contribution in [2.45, 2.75) is 46.1 Å². The Balaban J connectivity index is 1.61. The Bertz CT molecular complexity index is 762. The largest absolute Gasteiger partial charge is 0.425 e. The van der Waals surface area contributed by atoms with Crippen LogP contribution >= 0.6 is 0 Å². The quantitative estimate of drug-likeness (QED) is 0.654. The van der Waals surface area contributed by atoms with Crippen molar-refractivity contribution in [1.29, 1.82) is 0 Å². The molecule has 0 N–H and O–H groups in total. The van der Waals surface area contributed by atoms with Crippen LogP contribution < -0.4 is 4.68 Å². The van der Waals surface area contributed by atoms with Crippen LogP contribution in [0, 0.1) is 6.92 Å². The topological polar surface area (TPSA) is 68.8 Å². The summed E-state index contributed by atoms with van der Waals surface area (Å²) in [6.07, 6.45) is 1.29. The molecule has 3 aromatic rings. The van der Waals surface area contributed by atoms with Crippen molar-refractivity contribution in [2.75, 3.05) is 0 Å². The maximum atomic E-state index is 5.71. The highest BCUT2D eigenvalue weighted by Gasteiger charge is 2.20. The van der Waals surface area contributed by atoms with Gasteiger partial charge in [-0.2, -0.15) is 0 Å². The van der Waals surface area contributed by atoms with Crippen molar-refractivity contribution in [3.63, 3.8) is 0 Å². The summed E-state index contributed by atoms with van der Waals surface area (Å²) in [5.41, 5.74) is 1.16. The van der Waals surface area contributed by atoms with E-state index in [-0.39, 0.29) is 5.92 Å². The van der Waals surface area contributed by atoms with Gasteiger partial charge in [-0.15, -0.1) is 10.2 Å². The number of aromatic nitrogens is 4. The third-order valence-corrected chi connectivity index (χ3v) is 3.57. The molecule has 6 heteroatoms. The normalized spacial score (nSPS) is 11.3. The third kappa shape index (κ3) is 3.83. The van der Waals surface area contributed by atoms with Gasteiger partial charge in [-0.1, -0.05) is 48.9 Å². The van der Waals surface area contributed by atoms with E-state index in [2.05, 4.69) is 29.1 Å². The van der Waals surface area contributed by atoms with Gasteiger partial charge < -0.3 is 8.83 Å². The molecule has 0 aliphatic rings. The molecule has 0 atom stereocenters. The smallest absolute Gasteiger partial charge is 0.370 e. The van der Waals surface area contributed by atoms with Crippen LogP contribution in [0.25, 0.3) is 0 Å². The summed E-state index contributed by atoms with van der Waals surface area (Å²) >= 11 is 0. The fourth-order valence-electron chi connectivity index (χ4n) is 2.29. The number of aryl methyl sites for hydroxylation is 3. The highest BCUT2D eigenvalue weighted by atomic mass is 16.4. The molecule has 0 radical (unpaired) electrons. The van der Waals surface area contributed by atoms with Crippen LogP contribution in [-0.4, -0.2) is 15.3 Å². The Morgan fingerprint density at radius 1 is 1.04 bits per heavy atom. The second-order valence-electron chi connectivity index (χ2n) is 5.84. The number of nitrogens with zero attached hydrogens (tertiary/aromatic N) is 4. The van der Waals surface area contributed by atoms with E-state index >= 15 is 0 Å². The fraction of sp³-hybridized carbons (Fsp3) is 0.412. The van der Waals surface area contributed by atoms with E-state index in [0.29, 0.717) is 31.2 Å². The van der Waals surface area contributed by atoms with E-state index in [4.69, 9.17) is 8.83 Å². The molecule has 1 aromatic carbocycles. The van der Waals surface area contributed by atoms with Gasteiger partial charge in [-0.25, -0.2) is 0 Å². The lowest BCUT2D eigenvalue weighted by Gasteiger charge is -1.94. The summed E-state index contributed by atoms with van der Waals surface area (Å²) in [4.78, 5) is 0. The molecule has 0 bridgehead atoms. The first kappa shape index (κ1) is 15.4. The monoisotopic (exact) mass is 313 g/mol. The molecule has 2 aromatic heterocycles. The second-order valence-corrected chi connectivity index (χ2v) is 5.84. The Kier molecular flexibility index (Phi) is 4.50. The van der Waals surface area contributed by atoms with Crippen molar-refractivity contribution in [3.8, 4) is 0 Å². The Morgan fingerprint density at radius 2 is 1.78 bits per heavy atom. The van der Waals surface area contributed by atoms with E-state index in [1.165, 1.54) is 0 Å². The summed E-state index contributed by atoms with van der Waals surface area (Å²) in [5.74, 6) is 3.07. The van der Waals surface area contributed by atoms with Gasteiger partial charge in [0.25, 0.3) is 5.89 Å². The number of benzene rings is 1. The Hall–Kier alpha value is -2.50. The van der Waals surface area contributed by atoms with Gasteiger partial charge >= 0.3 is 5.89 Å². The van der Waals surface area contributed by atoms with Crippen LogP contribution in [0.4, 0.5) is 0 Å². The first-order valence-corrected chi connectivity index (χ1v) is 7.84. The molecule has 0 saturated carbocycles. The van der Waals surface area contributed by atoms with Crippen LogP contribution in [0.3, 0.4) is 0 Å². The molecule has 6 nitrogen and oxygen atoms in total. The minimum atomic E-state index is 0.274. The summed E-state index contributed by atoms with van der Waals surface area (Å²) in [7, 11) is 0. The lowest BCUT2D eigenvalue weighted by atomic mass is 10.2. The fourth-order valence-corrected chi connectivity index (χ4v) is 2.29. The molecular formula is C17H21N4O2+. The molecule has 0 unspecified atom stereocenters. The lowest BCUT2D eigenvalue weighted by molar-refractivity contribution is -0.759. The summed E-state index contributed by atoms with van der Waals surface area (Å²) in [5, 5.41) is 12.7. The van der Waals surface area contributed by atoms with Crippen LogP contribution in [0.1, 0.15) is 48.9 Å². The summed E-state index contributed by atoms with van der Waals surface area (Å²) < 4.78 is 13.2. The van der Waals surface area contributed by atoms with Gasteiger partial charge in [0.15, 0.2) is 6.54 Å². The number of hydrogen-bond donors (Lipinski definition) is 0. The minimum absolute atomic E-state index is 0.274. The summed E-state index contributed by atoms with van der Waals surface area (Å²) in [6.45, 7) is 6.69. The van der Waals surface area contributed by atoms with Crippen LogP contribution in [-0.2, 0) is 19.4 Å². The predicted molar refractivity (Wildman–Crippen MR) is 82.8 cm³/mol. The molecule has 0 fully saturated rings. The average molecular weight is 313 g/mol. The van der Waals surface area contributed by atoms with Crippen molar-refractivity contribution in [2.24, 2.45) is 0 Å². The maximum absolute atomic E-state index is 5.71. The highest BCUT2D eigenvalue weighted by Crippen LogP contribution is 2.11. The van der Waals surface area contributed by atoms with E-state index in [1.54, 1.807) is 0 Å². The molecule has 3 rings (SSSR count). The second kappa shape index (κ2) is 6.73. The van der Waals surface area contributed by atoms with Gasteiger partial charge in [0.05, 0.1) is 19.8 Å². The SMILES string of the molecule is Cc1oc(C(C)C)n[n+]1CCc1nnc(Cc2ccccc2)o1. The zero-order valence-electron chi connectivity index (χ0n) is 13.7. The predicted octanol–water partition coefficient (Wildman–Crippen LogP) is 2.61. The van der Waals surface area contributed by atoms with Gasteiger partial charge in [-0.05, 0) is 5.56 Å². The molecule has 0 saturated heterocycles. The van der Waals surface area contributed by atoms with E-state index < -0.39 is 0 Å². The van der Waals surface area contributed by atoms with Crippen molar-refractivity contribution in [3.05, 3.63) is 59.5 Å². The third-order valence-electron chi connectivity index (χ3n) is 3.57. The molecule has 0 aliphatic heterocycles. The first-order valence-electron chi connectivity index (χ1n) is 7.84. The van der Waals surface area contributed by atoms with Crippen molar-refractivity contribution < 1.29 is 13.5 Å². The standard InChI is InChI=1S/C17H21N4O2/c1-12(2)17-20-21(13(3)22-17)10-9-15-18-19-16(23-15)11-14-7-5-4-6-8-14/h4-8,12H,9-11H2,1-3H3/q+1. The van der Waals surface area contributed by atoms with Gasteiger partial charge in [0.1, 0.15) is 0 Å². The molecule has 0 spiro atoms. The highest BCUT2D eigenvalue weighted by molar-refractivity contribution is 5.17. The molecule has 0 aliphatic carbocycles. The zero-order chi connectivity index (χ0) is 16.2. The van der Waals surface area contributed by atoms with E-state index in [0.717, 1.165) is 17.3 Å². The van der Waals surface area contributed by atoms with Gasteiger partial charge in [0, 0.05) is 11.0 Å². The van der Waals surface area contributed by atoms with Crippen LogP contribution in [0.15, 0.2) is 39.2 Å². The number of rotatable bonds is 6. The zero-order valence-corrected chi connectivity index (χ0v) is 13.7. The first-order chi connectivity index (χ1) is 11.1. The van der Waals surface area contributed by atoms with E-state index in [9.17, 15) is 0 Å². The van der Waals surface area contributed by atoms with Gasteiger partial charge in [-0.3, -0.25) is 0 Å². The van der Waals surface area contributed by atoms with Crippen molar-refractivity contribution in [1.82, 2.24) is 15.3 Å².